The SMILES string of the molecule is NCc1ccc(Oc2ccc([N+](=O)[O-])c(F)c2)c(F)c1. The fraction of sp³-hybridized carbons (Fsp3) is 0.0769. The highest BCUT2D eigenvalue weighted by atomic mass is 19.1. The summed E-state index contributed by atoms with van der Waals surface area (Å²) in [6.45, 7) is 0.184. The van der Waals surface area contributed by atoms with Crippen LogP contribution >= 0.6 is 0 Å². The minimum absolute atomic E-state index is 0.0347. The molecule has 2 rings (SSSR count). The number of ether oxygens (including phenoxy) is 1. The first-order valence-corrected chi connectivity index (χ1v) is 5.61. The molecule has 0 aliphatic rings. The second-order valence-corrected chi connectivity index (χ2v) is 3.94. The summed E-state index contributed by atoms with van der Waals surface area (Å²) in [5.41, 5.74) is 5.28. The van der Waals surface area contributed by atoms with Crippen molar-refractivity contribution in [2.24, 2.45) is 5.73 Å². The van der Waals surface area contributed by atoms with Gasteiger partial charge in [-0.3, -0.25) is 10.1 Å². The quantitative estimate of drug-likeness (QED) is 0.689. The van der Waals surface area contributed by atoms with Crippen LogP contribution in [0.15, 0.2) is 36.4 Å². The number of nitro groups is 1. The lowest BCUT2D eigenvalue weighted by Gasteiger charge is -2.08. The summed E-state index contributed by atoms with van der Waals surface area (Å²) in [5.74, 6) is -1.85. The molecule has 0 unspecified atom stereocenters. The van der Waals surface area contributed by atoms with E-state index in [0.29, 0.717) is 5.56 Å². The molecule has 104 valence electrons. The summed E-state index contributed by atoms with van der Waals surface area (Å²) in [4.78, 5) is 9.62. The number of nitrogens with two attached hydrogens (primary N) is 1. The molecular weight excluding hydrogens is 270 g/mol. The van der Waals surface area contributed by atoms with Gasteiger partial charge in [-0.05, 0) is 23.8 Å². The molecule has 0 bridgehead atoms. The summed E-state index contributed by atoms with van der Waals surface area (Å²) in [5, 5.41) is 10.5. The molecule has 7 heteroatoms. The standard InChI is InChI=1S/C13H10F2N2O3/c14-10-6-9(2-3-12(10)17(18)19)20-13-4-1-8(7-16)5-11(13)15/h1-6H,7,16H2. The number of nitro benzene ring substituents is 1. The largest absolute Gasteiger partial charge is 0.454 e. The third kappa shape index (κ3) is 2.89. The van der Waals surface area contributed by atoms with Gasteiger partial charge in [-0.15, -0.1) is 0 Å². The van der Waals surface area contributed by atoms with Gasteiger partial charge in [-0.1, -0.05) is 6.07 Å². The van der Waals surface area contributed by atoms with E-state index in [9.17, 15) is 18.9 Å². The summed E-state index contributed by atoms with van der Waals surface area (Å²) in [6, 6.07) is 7.11. The molecule has 0 fully saturated rings. The minimum atomic E-state index is -1.05. The second kappa shape index (κ2) is 5.62. The van der Waals surface area contributed by atoms with Gasteiger partial charge in [0.25, 0.3) is 0 Å². The molecule has 0 aromatic heterocycles. The topological polar surface area (TPSA) is 78.4 Å². The zero-order chi connectivity index (χ0) is 14.7. The van der Waals surface area contributed by atoms with Crippen molar-refractivity contribution in [3.8, 4) is 11.5 Å². The number of benzene rings is 2. The Morgan fingerprint density at radius 1 is 1.15 bits per heavy atom. The van der Waals surface area contributed by atoms with E-state index >= 15 is 0 Å². The highest BCUT2D eigenvalue weighted by molar-refractivity contribution is 5.40. The van der Waals surface area contributed by atoms with E-state index in [2.05, 4.69) is 0 Å². The molecule has 0 aliphatic heterocycles. The summed E-state index contributed by atoms with van der Waals surface area (Å²) in [6.07, 6.45) is 0. The first-order valence-electron chi connectivity index (χ1n) is 5.61. The van der Waals surface area contributed by atoms with Crippen molar-refractivity contribution in [1.82, 2.24) is 0 Å². The lowest BCUT2D eigenvalue weighted by atomic mass is 10.2. The first-order chi connectivity index (χ1) is 9.51. The smallest absolute Gasteiger partial charge is 0.305 e. The van der Waals surface area contributed by atoms with Gasteiger partial charge in [-0.25, -0.2) is 4.39 Å². The monoisotopic (exact) mass is 280 g/mol. The van der Waals surface area contributed by atoms with Gasteiger partial charge in [0.2, 0.25) is 5.82 Å². The van der Waals surface area contributed by atoms with Gasteiger partial charge in [0, 0.05) is 18.7 Å². The predicted octanol–water partition coefficient (Wildman–Crippen LogP) is 3.12. The molecule has 0 heterocycles. The molecular formula is C13H10F2N2O3. The second-order valence-electron chi connectivity index (χ2n) is 3.94. The van der Waals surface area contributed by atoms with Crippen LogP contribution in [-0.2, 0) is 6.54 Å². The van der Waals surface area contributed by atoms with Gasteiger partial charge in [-0.2, -0.15) is 4.39 Å². The average molecular weight is 280 g/mol. The van der Waals surface area contributed by atoms with E-state index in [4.69, 9.17) is 10.5 Å². The van der Waals surface area contributed by atoms with E-state index in [1.807, 2.05) is 0 Å². The molecule has 5 nitrogen and oxygen atoms in total. The predicted molar refractivity (Wildman–Crippen MR) is 67.4 cm³/mol. The summed E-state index contributed by atoms with van der Waals surface area (Å²) < 4.78 is 32.2. The molecule has 0 spiro atoms. The van der Waals surface area contributed by atoms with E-state index in [1.165, 1.54) is 18.2 Å². The molecule has 2 aromatic carbocycles. The Kier molecular flexibility index (Phi) is 3.90. The van der Waals surface area contributed by atoms with Crippen LogP contribution in [0.25, 0.3) is 0 Å². The average Bonchev–Trinajstić information content (AvgIpc) is 2.40. The van der Waals surface area contributed by atoms with Crippen molar-refractivity contribution in [2.75, 3.05) is 0 Å². The molecule has 20 heavy (non-hydrogen) atoms. The van der Waals surface area contributed by atoms with E-state index in [1.54, 1.807) is 6.07 Å². The molecule has 0 atom stereocenters. The third-order valence-electron chi connectivity index (χ3n) is 2.58. The number of hydrogen-bond acceptors (Lipinski definition) is 4. The van der Waals surface area contributed by atoms with Crippen LogP contribution in [0.4, 0.5) is 14.5 Å². The van der Waals surface area contributed by atoms with Gasteiger partial charge >= 0.3 is 5.69 Å². The molecule has 0 radical (unpaired) electrons. The maximum atomic E-state index is 13.6. The van der Waals surface area contributed by atoms with Crippen LogP contribution in [0.5, 0.6) is 11.5 Å². The van der Waals surface area contributed by atoms with Crippen LogP contribution in [0.2, 0.25) is 0 Å². The van der Waals surface area contributed by atoms with Gasteiger partial charge in [0.15, 0.2) is 11.6 Å². The first kappa shape index (κ1) is 13.9. The Labute approximate surface area is 112 Å². The fourth-order valence-electron chi connectivity index (χ4n) is 1.58. The normalized spacial score (nSPS) is 10.3. The summed E-state index contributed by atoms with van der Waals surface area (Å²) in [7, 11) is 0. The number of nitrogens with zero attached hydrogens (tertiary/aromatic N) is 1. The Balaban J connectivity index is 2.26. The van der Waals surface area contributed by atoms with Crippen LogP contribution in [0.1, 0.15) is 5.56 Å². The van der Waals surface area contributed by atoms with E-state index in [0.717, 1.165) is 12.1 Å². The van der Waals surface area contributed by atoms with Gasteiger partial charge < -0.3 is 10.5 Å². The summed E-state index contributed by atoms with van der Waals surface area (Å²) >= 11 is 0. The highest BCUT2D eigenvalue weighted by Gasteiger charge is 2.15. The van der Waals surface area contributed by atoms with Crippen LogP contribution in [0.3, 0.4) is 0 Å². The fourth-order valence-corrected chi connectivity index (χ4v) is 1.58. The van der Waals surface area contributed by atoms with Crippen molar-refractivity contribution < 1.29 is 18.4 Å². The van der Waals surface area contributed by atoms with Crippen molar-refractivity contribution in [3.63, 3.8) is 0 Å². The van der Waals surface area contributed by atoms with Crippen molar-refractivity contribution >= 4 is 5.69 Å². The Morgan fingerprint density at radius 2 is 1.90 bits per heavy atom. The van der Waals surface area contributed by atoms with Crippen LogP contribution < -0.4 is 10.5 Å². The number of rotatable bonds is 4. The zero-order valence-corrected chi connectivity index (χ0v) is 10.2. The number of hydrogen-bond donors (Lipinski definition) is 1. The van der Waals surface area contributed by atoms with Crippen LogP contribution in [0, 0.1) is 21.7 Å². The Morgan fingerprint density at radius 3 is 2.45 bits per heavy atom. The third-order valence-corrected chi connectivity index (χ3v) is 2.58. The molecule has 0 amide bonds. The Bertz CT molecular complexity index is 662. The minimum Gasteiger partial charge on any atom is -0.454 e. The van der Waals surface area contributed by atoms with E-state index < -0.39 is 22.2 Å². The van der Waals surface area contributed by atoms with Gasteiger partial charge in [0.05, 0.1) is 4.92 Å². The van der Waals surface area contributed by atoms with Gasteiger partial charge in [0.1, 0.15) is 5.75 Å². The number of halogens is 2. The van der Waals surface area contributed by atoms with Crippen LogP contribution in [-0.4, -0.2) is 4.92 Å². The van der Waals surface area contributed by atoms with Crippen molar-refractivity contribution in [2.45, 2.75) is 6.54 Å². The molecule has 0 saturated heterocycles. The lowest BCUT2D eigenvalue weighted by Crippen LogP contribution is -1.98. The van der Waals surface area contributed by atoms with E-state index in [-0.39, 0.29) is 18.0 Å². The molecule has 2 aromatic rings. The molecule has 2 N–H and O–H groups in total. The maximum Gasteiger partial charge on any atom is 0.305 e. The maximum absolute atomic E-state index is 13.6. The molecule has 0 aliphatic carbocycles. The highest BCUT2D eigenvalue weighted by Crippen LogP contribution is 2.28. The lowest BCUT2D eigenvalue weighted by molar-refractivity contribution is -0.387. The molecule has 0 saturated carbocycles. The van der Waals surface area contributed by atoms with Crippen molar-refractivity contribution in [1.29, 1.82) is 0 Å². The Hall–Kier alpha value is -2.54. The van der Waals surface area contributed by atoms with Crippen molar-refractivity contribution in [3.05, 3.63) is 63.7 Å². The zero-order valence-electron chi connectivity index (χ0n) is 10.2.